The molecule has 2 unspecified atom stereocenters. The van der Waals surface area contributed by atoms with E-state index in [1.807, 2.05) is 72.7 Å². The van der Waals surface area contributed by atoms with Gasteiger partial charge in [0.05, 0.1) is 18.5 Å². The molecule has 2 atom stereocenters. The Balaban J connectivity index is 0.000000222. The van der Waals surface area contributed by atoms with Gasteiger partial charge in [0.2, 0.25) is 0 Å². The zero-order valence-electron chi connectivity index (χ0n) is 52.2. The highest BCUT2D eigenvalue weighted by atomic mass is 32.2. The van der Waals surface area contributed by atoms with Crippen LogP contribution in [-0.4, -0.2) is 141 Å². The summed E-state index contributed by atoms with van der Waals surface area (Å²) in [5.74, 6) is 9.17. The molecular weight excluding hydrogens is 1250 g/mol. The number of pyridine rings is 2. The molecule has 3 saturated heterocycles. The van der Waals surface area contributed by atoms with E-state index in [0.717, 1.165) is 83.1 Å². The Labute approximate surface area is 531 Å². The molecule has 2 aromatic carbocycles. The molecular formula is C61H88N11O13P3S2. The number of likely N-dealkylation sites (tertiary alicyclic amines) is 1. The number of H-pyrrole nitrogens is 2. The summed E-state index contributed by atoms with van der Waals surface area (Å²) in [4.78, 5) is 40.9. The highest BCUT2D eigenvalue weighted by molar-refractivity contribution is 7.87. The van der Waals surface area contributed by atoms with Crippen LogP contribution in [0.4, 0.5) is 0 Å². The maximum absolute atomic E-state index is 12.5. The Kier molecular flexibility index (Phi) is 31.8. The highest BCUT2D eigenvalue weighted by Crippen LogP contribution is 2.82. The first-order chi connectivity index (χ1) is 43.1. The van der Waals surface area contributed by atoms with Crippen molar-refractivity contribution in [3.05, 3.63) is 132 Å². The predicted octanol–water partition coefficient (Wildman–Crippen LogP) is 9.59. The number of fused-ring (bicyclic) bond motifs is 2. The zero-order valence-corrected chi connectivity index (χ0v) is 56.5. The van der Waals surface area contributed by atoms with Crippen LogP contribution in [0.15, 0.2) is 110 Å². The highest BCUT2D eigenvalue weighted by Gasteiger charge is 2.51. The van der Waals surface area contributed by atoms with E-state index in [1.165, 1.54) is 19.6 Å². The van der Waals surface area contributed by atoms with Gasteiger partial charge in [-0.1, -0.05) is 89.8 Å². The van der Waals surface area contributed by atoms with Gasteiger partial charge in [-0.25, -0.2) is 37.1 Å². The number of nitrogens with one attached hydrogen (secondary N) is 7. The second-order valence-electron chi connectivity index (χ2n) is 21.1. The number of hydrogen-bond donors (Lipinski definition) is 8. The van der Waals surface area contributed by atoms with Gasteiger partial charge in [-0.05, 0) is 149 Å². The molecule has 0 spiro atoms. The largest absolute Gasteiger partial charge is 0.472 e. The molecule has 3 aliphatic rings. The molecule has 0 bridgehead atoms. The molecule has 6 aromatic rings. The van der Waals surface area contributed by atoms with Crippen LogP contribution in [0.1, 0.15) is 109 Å². The standard InChI is InChI=1S/C23H25N5O3S.C14H21N5O2S.C9H21O6P3.C9H6O2.C6H15N/c29-22(9-8-18-5-2-1-3-6-18)28-14-4-7-19(17-28)15-26-32(30,31)27-16-20-10-12-24-23-21(20)11-13-25-23;20-22(21,18-9-11-2-1-5-15-8-11)19-10-12-3-6-16-14-13(12)4-7-17-14;1-4-7-16(10)13-17(11,8-5-2)15-18(12,14-16)9-6-3;10-9(11)7-6-8-4-2-1-3-5-8;1-4-7(5-2)6-3/h1-3,5-6,10-13,19,26-27H,4,7,14-17H2,(H,24,25);3-4,6-7,11,15,18-19H,1-2,5,8-10H2,(H,16,17);4-9H2,1-3H3;1-5H,(H,10,11);4-6H2,1-3H3. The topological polar surface area (TPSA) is 326 Å². The number of rotatable bonds is 21. The van der Waals surface area contributed by atoms with Crippen molar-refractivity contribution >= 4 is 77.1 Å². The summed E-state index contributed by atoms with van der Waals surface area (Å²) < 4.78 is 112. The van der Waals surface area contributed by atoms with Gasteiger partial charge < -0.3 is 30.2 Å². The van der Waals surface area contributed by atoms with Crippen LogP contribution in [0.2, 0.25) is 0 Å². The fourth-order valence-corrected chi connectivity index (χ4v) is 20.6. The zero-order chi connectivity index (χ0) is 65.5. The summed E-state index contributed by atoms with van der Waals surface area (Å²) in [5, 5.41) is 13.3. The first kappa shape index (κ1) is 74.8. The summed E-state index contributed by atoms with van der Waals surface area (Å²) >= 11 is 0. The van der Waals surface area contributed by atoms with Crippen molar-refractivity contribution in [2.24, 2.45) is 11.8 Å². The molecule has 1 amide bonds. The quantitative estimate of drug-likeness (QED) is 0.0245. The Morgan fingerprint density at radius 2 is 1.07 bits per heavy atom. The van der Waals surface area contributed by atoms with Crippen molar-refractivity contribution < 1.29 is 58.2 Å². The third-order valence-electron chi connectivity index (χ3n) is 14.1. The van der Waals surface area contributed by atoms with Crippen molar-refractivity contribution in [3.63, 3.8) is 0 Å². The van der Waals surface area contributed by atoms with Gasteiger partial charge in [-0.3, -0.25) is 18.5 Å². The number of aromatic nitrogens is 4. The monoisotopic (exact) mass is 1340 g/mol. The maximum atomic E-state index is 12.5. The summed E-state index contributed by atoms with van der Waals surface area (Å²) in [7, 11) is -17.9. The minimum atomic E-state index is -3.68. The number of benzene rings is 2. The van der Waals surface area contributed by atoms with E-state index >= 15 is 0 Å². The lowest BCUT2D eigenvalue weighted by molar-refractivity contribution is -0.130. The number of piperidine rings is 2. The Morgan fingerprint density at radius 3 is 1.48 bits per heavy atom. The molecule has 24 nitrogen and oxygen atoms in total. The molecule has 90 heavy (non-hydrogen) atoms. The molecule has 4 aromatic heterocycles. The van der Waals surface area contributed by atoms with E-state index in [2.05, 4.69) is 87.6 Å². The van der Waals surface area contributed by atoms with Crippen molar-refractivity contribution in [2.75, 3.05) is 77.4 Å². The fourth-order valence-electron chi connectivity index (χ4n) is 9.49. The summed E-state index contributed by atoms with van der Waals surface area (Å²) in [5.41, 5.74) is 4.73. The molecule has 7 heterocycles. The number of aliphatic carboxylic acids is 1. The number of nitrogens with zero attached hydrogens (tertiary/aromatic N) is 4. The molecule has 0 radical (unpaired) electrons. The minimum Gasteiger partial charge on any atom is -0.472 e. The van der Waals surface area contributed by atoms with Crippen LogP contribution in [0.3, 0.4) is 0 Å². The van der Waals surface area contributed by atoms with Crippen LogP contribution >= 0.6 is 22.8 Å². The number of carboxylic acids is 1. The summed E-state index contributed by atoms with van der Waals surface area (Å²) in [6.07, 6.45) is 12.7. The van der Waals surface area contributed by atoms with Crippen LogP contribution in [0.5, 0.6) is 0 Å². The molecule has 3 fully saturated rings. The van der Waals surface area contributed by atoms with Gasteiger partial charge in [-0.2, -0.15) is 26.3 Å². The second-order valence-corrected chi connectivity index (χ2v) is 31.3. The van der Waals surface area contributed by atoms with E-state index in [9.17, 15) is 40.1 Å². The fraction of sp³-hybridized carbons (Fsp3) is 0.475. The Hall–Kier alpha value is -5.89. The normalized spacial score (nSPS) is 20.6. The van der Waals surface area contributed by atoms with E-state index in [-0.39, 0.29) is 49.9 Å². The van der Waals surface area contributed by atoms with Crippen LogP contribution in [-0.2, 0) is 69.7 Å². The number of amides is 1. The lowest BCUT2D eigenvalue weighted by Gasteiger charge is -2.33. The van der Waals surface area contributed by atoms with Crippen molar-refractivity contribution in [1.29, 1.82) is 0 Å². The lowest BCUT2D eigenvalue weighted by Crippen LogP contribution is -2.45. The smallest absolute Gasteiger partial charge is 0.382 e. The average Bonchev–Trinajstić information content (AvgIpc) is 1.25. The first-order valence-corrected chi connectivity index (χ1v) is 38.5. The number of carbonyl (C=O) groups is 2. The predicted molar refractivity (Wildman–Crippen MR) is 354 cm³/mol. The maximum Gasteiger partial charge on any atom is 0.382 e. The van der Waals surface area contributed by atoms with Gasteiger partial charge in [0.25, 0.3) is 26.3 Å². The van der Waals surface area contributed by atoms with E-state index < -0.39 is 49.2 Å². The van der Waals surface area contributed by atoms with Gasteiger partial charge >= 0.3 is 28.8 Å². The van der Waals surface area contributed by atoms with Crippen LogP contribution < -0.4 is 24.2 Å². The van der Waals surface area contributed by atoms with Gasteiger partial charge in [0, 0.05) is 97.8 Å². The van der Waals surface area contributed by atoms with Crippen molar-refractivity contribution in [2.45, 2.75) is 99.6 Å². The molecule has 8 N–H and O–H groups in total. The van der Waals surface area contributed by atoms with E-state index in [4.69, 9.17) is 18.0 Å². The Morgan fingerprint density at radius 1 is 0.622 bits per heavy atom. The number of aromatic amines is 2. The van der Waals surface area contributed by atoms with Gasteiger partial charge in [-0.15, -0.1) is 0 Å². The third kappa shape index (κ3) is 26.7. The molecule has 492 valence electrons. The average molecular weight is 1340 g/mol. The number of hydrogen-bond acceptors (Lipinski definition) is 16. The van der Waals surface area contributed by atoms with Crippen molar-refractivity contribution in [1.82, 2.24) is 53.9 Å². The summed E-state index contributed by atoms with van der Waals surface area (Å²) in [6, 6.07) is 25.7. The summed E-state index contributed by atoms with van der Waals surface area (Å²) in [6.45, 7) is 19.7. The van der Waals surface area contributed by atoms with Crippen LogP contribution in [0.25, 0.3) is 22.1 Å². The molecule has 29 heteroatoms. The first-order valence-electron chi connectivity index (χ1n) is 30.4. The molecule has 0 aliphatic carbocycles. The van der Waals surface area contributed by atoms with Gasteiger partial charge in [0.15, 0.2) is 0 Å². The lowest BCUT2D eigenvalue weighted by atomic mass is 9.98. The van der Waals surface area contributed by atoms with Crippen molar-refractivity contribution in [3.8, 4) is 23.7 Å². The number of carbonyl (C=O) groups excluding carboxylic acids is 1. The van der Waals surface area contributed by atoms with E-state index in [1.54, 1.807) is 68.7 Å². The SMILES string of the molecule is CCCP1(=O)OP(=O)(CCC)OP(=O)(CCC)O1.CCN(CC)CC.O=C(C#Cc1ccccc1)N1CCCC(CNS(=O)(=O)NCc2ccnc3[nH]ccc23)C1.O=C(O)C#Cc1ccccc1.O=S(=O)(NCc1ccnc2[nH]ccc12)NCC1CCCNC1. The van der Waals surface area contributed by atoms with E-state index in [0.29, 0.717) is 44.8 Å². The third-order valence-corrected chi connectivity index (χ3v) is 25.2. The van der Waals surface area contributed by atoms with Gasteiger partial charge in [0.1, 0.15) is 11.3 Å². The minimum absolute atomic E-state index is 0.0418. The second kappa shape index (κ2) is 38.2. The molecule has 3 aliphatic heterocycles. The number of carboxylic acid groups (broad SMARTS) is 1. The molecule has 9 rings (SSSR count). The molecule has 0 saturated carbocycles. The Bertz CT molecular complexity index is 3610. The van der Waals surface area contributed by atoms with Crippen LogP contribution in [0, 0.1) is 35.5 Å².